The molecule has 0 amide bonds. The zero-order chi connectivity index (χ0) is 18.4. The number of hydrogen-bond acceptors (Lipinski definition) is 5. The number of rotatable bonds is 7. The van der Waals surface area contributed by atoms with Crippen molar-refractivity contribution in [2.24, 2.45) is 0 Å². The summed E-state index contributed by atoms with van der Waals surface area (Å²) in [6, 6.07) is 3.12. The summed E-state index contributed by atoms with van der Waals surface area (Å²) in [5, 5.41) is 3.22. The summed E-state index contributed by atoms with van der Waals surface area (Å²) in [6.07, 6.45) is -5.03. The number of alkyl halides is 3. The predicted molar refractivity (Wildman–Crippen MR) is 88.6 cm³/mol. The zero-order valence-electron chi connectivity index (χ0n) is 14.8. The van der Waals surface area contributed by atoms with Crippen molar-refractivity contribution in [1.29, 1.82) is 0 Å². The van der Waals surface area contributed by atoms with Crippen LogP contribution in [0.25, 0.3) is 0 Å². The highest BCUT2D eigenvalue weighted by Crippen LogP contribution is 2.42. The van der Waals surface area contributed by atoms with E-state index < -0.39 is 12.6 Å². The van der Waals surface area contributed by atoms with Gasteiger partial charge in [0.1, 0.15) is 0 Å². The molecule has 1 saturated heterocycles. The summed E-state index contributed by atoms with van der Waals surface area (Å²) in [5.74, 6) is 1.33. The van der Waals surface area contributed by atoms with Crippen molar-refractivity contribution in [2.45, 2.75) is 25.1 Å². The molecule has 0 spiro atoms. The van der Waals surface area contributed by atoms with Crippen LogP contribution in [0.3, 0.4) is 0 Å². The second-order valence-electron chi connectivity index (χ2n) is 5.91. The van der Waals surface area contributed by atoms with Gasteiger partial charge < -0.3 is 19.5 Å². The Labute approximate surface area is 146 Å². The molecular formula is C17H25F3N2O3. The molecule has 1 atom stereocenters. The van der Waals surface area contributed by atoms with E-state index in [0.717, 1.165) is 18.7 Å². The molecule has 142 valence electrons. The zero-order valence-corrected chi connectivity index (χ0v) is 14.8. The lowest BCUT2D eigenvalue weighted by molar-refractivity contribution is -0.138. The van der Waals surface area contributed by atoms with E-state index in [9.17, 15) is 13.2 Å². The van der Waals surface area contributed by atoms with E-state index in [1.54, 1.807) is 12.1 Å². The summed E-state index contributed by atoms with van der Waals surface area (Å²) >= 11 is 0. The Hall–Kier alpha value is -1.67. The molecule has 0 saturated carbocycles. The van der Waals surface area contributed by atoms with Crippen LogP contribution in [0.2, 0.25) is 0 Å². The van der Waals surface area contributed by atoms with Gasteiger partial charge in [0.2, 0.25) is 5.75 Å². The van der Waals surface area contributed by atoms with Gasteiger partial charge in [0.25, 0.3) is 0 Å². The molecule has 0 radical (unpaired) electrons. The standard InChI is InChI=1S/C17H25F3N2O3/c1-23-14-10-12(11-15(24-2)16(14)25-3)13(4-5-17(18,19)20)22-8-6-21-7-9-22/h10-11,13,21H,4-9H2,1-3H3/t13-/m1/s1. The first-order valence-corrected chi connectivity index (χ1v) is 8.21. The van der Waals surface area contributed by atoms with Crippen LogP contribution >= 0.6 is 0 Å². The summed E-state index contributed by atoms with van der Waals surface area (Å²) in [5.41, 5.74) is 0.737. The Morgan fingerprint density at radius 3 is 2.04 bits per heavy atom. The Bertz CT molecular complexity index is 536. The normalized spacial score (nSPS) is 17.2. The average Bonchev–Trinajstić information content (AvgIpc) is 2.60. The van der Waals surface area contributed by atoms with Crippen molar-refractivity contribution in [2.75, 3.05) is 47.5 Å². The highest BCUT2D eigenvalue weighted by Gasteiger charge is 2.32. The molecule has 0 aliphatic carbocycles. The van der Waals surface area contributed by atoms with Crippen LogP contribution in [0.4, 0.5) is 13.2 Å². The fourth-order valence-electron chi connectivity index (χ4n) is 3.15. The molecule has 1 aromatic rings. The molecule has 0 aromatic heterocycles. The third-order valence-electron chi connectivity index (χ3n) is 4.37. The fraction of sp³-hybridized carbons (Fsp3) is 0.647. The SMILES string of the molecule is COc1cc([C@@H](CCC(F)(F)F)N2CCNCC2)cc(OC)c1OC. The van der Waals surface area contributed by atoms with Gasteiger partial charge in [-0.25, -0.2) is 0 Å². The molecule has 8 heteroatoms. The van der Waals surface area contributed by atoms with E-state index in [1.807, 2.05) is 0 Å². The smallest absolute Gasteiger partial charge is 0.389 e. The molecule has 1 N–H and O–H groups in total. The van der Waals surface area contributed by atoms with Gasteiger partial charge in [-0.15, -0.1) is 0 Å². The third kappa shape index (κ3) is 5.15. The minimum atomic E-state index is -4.19. The number of piperazine rings is 1. The molecule has 5 nitrogen and oxygen atoms in total. The van der Waals surface area contributed by atoms with E-state index in [4.69, 9.17) is 14.2 Å². The number of methoxy groups -OCH3 is 3. The molecule has 1 aliphatic rings. The van der Waals surface area contributed by atoms with Crippen LogP contribution in [0, 0.1) is 0 Å². The van der Waals surface area contributed by atoms with Crippen LogP contribution in [0.1, 0.15) is 24.4 Å². The van der Waals surface area contributed by atoms with Crippen molar-refractivity contribution in [3.05, 3.63) is 17.7 Å². The molecule has 1 aliphatic heterocycles. The second-order valence-corrected chi connectivity index (χ2v) is 5.91. The first kappa shape index (κ1) is 19.7. The maximum atomic E-state index is 12.8. The predicted octanol–water partition coefficient (Wildman–Crippen LogP) is 3.00. The van der Waals surface area contributed by atoms with Crippen LogP contribution in [0.5, 0.6) is 17.2 Å². The molecule has 1 heterocycles. The summed E-state index contributed by atoms with van der Waals surface area (Å²) < 4.78 is 54.4. The lowest BCUT2D eigenvalue weighted by Crippen LogP contribution is -2.45. The largest absolute Gasteiger partial charge is 0.493 e. The van der Waals surface area contributed by atoms with E-state index in [-0.39, 0.29) is 12.5 Å². The van der Waals surface area contributed by atoms with Crippen LogP contribution in [-0.4, -0.2) is 58.6 Å². The number of halogens is 3. The van der Waals surface area contributed by atoms with Gasteiger partial charge in [-0.05, 0) is 24.1 Å². The van der Waals surface area contributed by atoms with Crippen LogP contribution < -0.4 is 19.5 Å². The summed E-state index contributed by atoms with van der Waals surface area (Å²) in [6.45, 7) is 2.90. The highest BCUT2D eigenvalue weighted by atomic mass is 19.4. The molecule has 0 unspecified atom stereocenters. The first-order valence-electron chi connectivity index (χ1n) is 8.21. The van der Waals surface area contributed by atoms with Gasteiger partial charge in [0.05, 0.1) is 21.3 Å². The average molecular weight is 362 g/mol. The molecule has 2 rings (SSSR count). The van der Waals surface area contributed by atoms with Crippen LogP contribution in [-0.2, 0) is 0 Å². The number of hydrogen-bond donors (Lipinski definition) is 1. The first-order chi connectivity index (χ1) is 11.9. The van der Waals surface area contributed by atoms with Gasteiger partial charge in [0, 0.05) is 38.6 Å². The highest BCUT2D eigenvalue weighted by molar-refractivity contribution is 5.54. The van der Waals surface area contributed by atoms with Gasteiger partial charge in [-0.1, -0.05) is 0 Å². The maximum absolute atomic E-state index is 12.8. The van der Waals surface area contributed by atoms with E-state index in [2.05, 4.69) is 10.2 Å². The minimum Gasteiger partial charge on any atom is -0.493 e. The lowest BCUT2D eigenvalue weighted by Gasteiger charge is -2.36. The van der Waals surface area contributed by atoms with E-state index >= 15 is 0 Å². The van der Waals surface area contributed by atoms with Crippen LogP contribution in [0.15, 0.2) is 12.1 Å². The fourth-order valence-corrected chi connectivity index (χ4v) is 3.15. The third-order valence-corrected chi connectivity index (χ3v) is 4.37. The Balaban J connectivity index is 2.37. The number of ether oxygens (including phenoxy) is 3. The van der Waals surface area contributed by atoms with Crippen molar-refractivity contribution < 1.29 is 27.4 Å². The quantitative estimate of drug-likeness (QED) is 0.808. The van der Waals surface area contributed by atoms with Gasteiger partial charge >= 0.3 is 6.18 Å². The molecular weight excluding hydrogens is 337 g/mol. The van der Waals surface area contributed by atoms with Crippen molar-refractivity contribution >= 4 is 0 Å². The van der Waals surface area contributed by atoms with Crippen molar-refractivity contribution in [3.63, 3.8) is 0 Å². The molecule has 0 bridgehead atoms. The van der Waals surface area contributed by atoms with Crippen molar-refractivity contribution in [3.8, 4) is 17.2 Å². The number of nitrogens with zero attached hydrogens (tertiary/aromatic N) is 1. The Morgan fingerprint density at radius 1 is 1.04 bits per heavy atom. The Morgan fingerprint density at radius 2 is 1.60 bits per heavy atom. The van der Waals surface area contributed by atoms with E-state index in [1.165, 1.54) is 21.3 Å². The maximum Gasteiger partial charge on any atom is 0.389 e. The number of nitrogens with one attached hydrogen (secondary N) is 1. The monoisotopic (exact) mass is 362 g/mol. The van der Waals surface area contributed by atoms with E-state index in [0.29, 0.717) is 30.3 Å². The topological polar surface area (TPSA) is 43.0 Å². The molecule has 25 heavy (non-hydrogen) atoms. The second kappa shape index (κ2) is 8.62. The minimum absolute atomic E-state index is 0.0118. The number of benzene rings is 1. The summed E-state index contributed by atoms with van der Waals surface area (Å²) in [7, 11) is 4.49. The Kier molecular flexibility index (Phi) is 6.78. The van der Waals surface area contributed by atoms with Gasteiger partial charge in [-0.3, -0.25) is 4.90 Å². The lowest BCUT2D eigenvalue weighted by atomic mass is 9.98. The summed E-state index contributed by atoms with van der Waals surface area (Å²) in [4.78, 5) is 2.07. The van der Waals surface area contributed by atoms with Crippen molar-refractivity contribution in [1.82, 2.24) is 10.2 Å². The van der Waals surface area contributed by atoms with Gasteiger partial charge in [-0.2, -0.15) is 13.2 Å². The molecule has 1 aromatic carbocycles. The van der Waals surface area contributed by atoms with Gasteiger partial charge in [0.15, 0.2) is 11.5 Å². The molecule has 1 fully saturated rings.